The molecule has 0 saturated carbocycles. The SMILES string of the molecule is N=C(N)c1cn[nH]c1NC(=O)Nc1ccc(F)cc1. The quantitative estimate of drug-likeness (QED) is 0.425. The number of anilines is 2. The second-order valence-electron chi connectivity index (χ2n) is 3.66. The molecule has 2 aromatic rings. The zero-order valence-corrected chi connectivity index (χ0v) is 9.70. The highest BCUT2D eigenvalue weighted by molar-refractivity contribution is 6.05. The molecule has 0 spiro atoms. The fourth-order valence-electron chi connectivity index (χ4n) is 1.39. The number of carbonyl (C=O) groups excluding carboxylic acids is 1. The number of hydrogen-bond donors (Lipinski definition) is 5. The second kappa shape index (κ2) is 5.17. The normalized spacial score (nSPS) is 9.95. The smallest absolute Gasteiger partial charge is 0.324 e. The van der Waals surface area contributed by atoms with Crippen LogP contribution in [0, 0.1) is 11.2 Å². The molecule has 19 heavy (non-hydrogen) atoms. The molecule has 0 radical (unpaired) electrons. The Morgan fingerprint density at radius 1 is 1.32 bits per heavy atom. The summed E-state index contributed by atoms with van der Waals surface area (Å²) < 4.78 is 12.7. The van der Waals surface area contributed by atoms with E-state index in [0.717, 1.165) is 0 Å². The number of aromatic amines is 1. The van der Waals surface area contributed by atoms with Crippen molar-refractivity contribution in [2.75, 3.05) is 10.6 Å². The predicted molar refractivity (Wildman–Crippen MR) is 68.6 cm³/mol. The lowest BCUT2D eigenvalue weighted by atomic mass is 10.3. The van der Waals surface area contributed by atoms with Crippen LogP contribution in [0.3, 0.4) is 0 Å². The van der Waals surface area contributed by atoms with Crippen LogP contribution >= 0.6 is 0 Å². The van der Waals surface area contributed by atoms with Crippen LogP contribution in [0.25, 0.3) is 0 Å². The lowest BCUT2D eigenvalue weighted by molar-refractivity contribution is 0.262. The topological polar surface area (TPSA) is 120 Å². The van der Waals surface area contributed by atoms with Gasteiger partial charge < -0.3 is 11.1 Å². The summed E-state index contributed by atoms with van der Waals surface area (Å²) in [5.74, 6) is -0.392. The Hall–Kier alpha value is -2.90. The molecule has 0 unspecified atom stereocenters. The fraction of sp³-hybridized carbons (Fsp3) is 0. The van der Waals surface area contributed by atoms with Crippen molar-refractivity contribution in [3.8, 4) is 0 Å². The van der Waals surface area contributed by atoms with Crippen LogP contribution < -0.4 is 16.4 Å². The largest absolute Gasteiger partial charge is 0.384 e. The number of H-pyrrole nitrogens is 1. The maximum atomic E-state index is 12.7. The lowest BCUT2D eigenvalue weighted by Crippen LogP contribution is -2.22. The average molecular weight is 262 g/mol. The van der Waals surface area contributed by atoms with Gasteiger partial charge in [-0.05, 0) is 24.3 Å². The molecule has 1 aromatic carbocycles. The van der Waals surface area contributed by atoms with Gasteiger partial charge in [0, 0.05) is 5.69 Å². The van der Waals surface area contributed by atoms with E-state index in [0.29, 0.717) is 5.69 Å². The van der Waals surface area contributed by atoms with E-state index in [1.165, 1.54) is 30.5 Å². The summed E-state index contributed by atoms with van der Waals surface area (Å²) in [6.45, 7) is 0. The Kier molecular flexibility index (Phi) is 3.42. The Balaban J connectivity index is 2.03. The average Bonchev–Trinajstić information content (AvgIpc) is 2.80. The highest BCUT2D eigenvalue weighted by Gasteiger charge is 2.11. The van der Waals surface area contributed by atoms with Gasteiger partial charge in [0.2, 0.25) is 0 Å². The highest BCUT2D eigenvalue weighted by Crippen LogP contribution is 2.12. The number of hydrogen-bond acceptors (Lipinski definition) is 3. The van der Waals surface area contributed by atoms with E-state index in [4.69, 9.17) is 11.1 Å². The summed E-state index contributed by atoms with van der Waals surface area (Å²) in [6.07, 6.45) is 1.33. The van der Waals surface area contributed by atoms with Crippen molar-refractivity contribution in [3.63, 3.8) is 0 Å². The molecule has 2 amide bonds. The second-order valence-corrected chi connectivity index (χ2v) is 3.66. The van der Waals surface area contributed by atoms with E-state index >= 15 is 0 Å². The van der Waals surface area contributed by atoms with Crippen LogP contribution in [-0.4, -0.2) is 22.1 Å². The molecule has 0 aliphatic heterocycles. The number of amides is 2. The molecule has 0 aliphatic rings. The van der Waals surface area contributed by atoms with Gasteiger partial charge in [0.05, 0.1) is 11.8 Å². The first-order chi connectivity index (χ1) is 9.06. The fourth-order valence-corrected chi connectivity index (χ4v) is 1.39. The molecule has 0 aliphatic carbocycles. The summed E-state index contributed by atoms with van der Waals surface area (Å²) in [6, 6.07) is 4.75. The zero-order valence-electron chi connectivity index (χ0n) is 9.70. The zero-order chi connectivity index (χ0) is 13.8. The summed E-state index contributed by atoms with van der Waals surface area (Å²) >= 11 is 0. The van der Waals surface area contributed by atoms with Crippen LogP contribution in [0.1, 0.15) is 5.56 Å². The number of carbonyl (C=O) groups is 1. The van der Waals surface area contributed by atoms with Crippen molar-refractivity contribution in [1.29, 1.82) is 5.41 Å². The number of nitrogens with one attached hydrogen (secondary N) is 4. The standard InChI is InChI=1S/C11H11FN6O/c12-6-1-3-7(4-2-6)16-11(19)17-10-8(9(13)14)5-15-18-10/h1-5H,(H3,13,14)(H3,15,16,17,18,19). The first kappa shape index (κ1) is 12.6. The van der Waals surface area contributed by atoms with Crippen molar-refractivity contribution >= 4 is 23.4 Å². The first-order valence-corrected chi connectivity index (χ1v) is 5.27. The van der Waals surface area contributed by atoms with Gasteiger partial charge >= 0.3 is 6.03 Å². The number of nitrogen functional groups attached to an aromatic ring is 1. The molecule has 0 bridgehead atoms. The predicted octanol–water partition coefficient (Wildman–Crippen LogP) is 1.48. The molecule has 1 aromatic heterocycles. The van der Waals surface area contributed by atoms with Gasteiger partial charge in [0.15, 0.2) is 0 Å². The van der Waals surface area contributed by atoms with Gasteiger partial charge in [-0.15, -0.1) is 0 Å². The number of benzene rings is 1. The van der Waals surface area contributed by atoms with Crippen LogP contribution in [0.5, 0.6) is 0 Å². The summed E-state index contributed by atoms with van der Waals surface area (Å²) in [7, 11) is 0. The third-order valence-electron chi connectivity index (χ3n) is 2.27. The minimum Gasteiger partial charge on any atom is -0.384 e. The first-order valence-electron chi connectivity index (χ1n) is 5.27. The van der Waals surface area contributed by atoms with Crippen molar-refractivity contribution < 1.29 is 9.18 Å². The Morgan fingerprint density at radius 3 is 2.63 bits per heavy atom. The molecular weight excluding hydrogens is 251 g/mol. The van der Waals surface area contributed by atoms with Gasteiger partial charge in [0.1, 0.15) is 17.5 Å². The Morgan fingerprint density at radius 2 is 2.00 bits per heavy atom. The number of amidine groups is 1. The molecule has 98 valence electrons. The summed E-state index contributed by atoms with van der Waals surface area (Å²) in [4.78, 5) is 11.7. The van der Waals surface area contributed by atoms with Crippen molar-refractivity contribution in [1.82, 2.24) is 10.2 Å². The third kappa shape index (κ3) is 3.06. The third-order valence-corrected chi connectivity index (χ3v) is 2.27. The van der Waals surface area contributed by atoms with Crippen LogP contribution in [0.4, 0.5) is 20.7 Å². The summed E-state index contributed by atoms with van der Waals surface area (Å²) in [5.41, 5.74) is 6.03. The van der Waals surface area contributed by atoms with Gasteiger partial charge in [-0.25, -0.2) is 9.18 Å². The van der Waals surface area contributed by atoms with Gasteiger partial charge in [-0.3, -0.25) is 15.8 Å². The number of halogens is 1. The number of rotatable bonds is 3. The van der Waals surface area contributed by atoms with Crippen molar-refractivity contribution in [2.24, 2.45) is 5.73 Å². The van der Waals surface area contributed by atoms with Crippen molar-refractivity contribution in [3.05, 3.63) is 41.8 Å². The lowest BCUT2D eigenvalue weighted by Gasteiger charge is -2.07. The molecule has 6 N–H and O–H groups in total. The van der Waals surface area contributed by atoms with Gasteiger partial charge in [-0.2, -0.15) is 5.10 Å². The monoisotopic (exact) mass is 262 g/mol. The summed E-state index contributed by atoms with van der Waals surface area (Å²) in [5, 5.41) is 18.4. The van der Waals surface area contributed by atoms with E-state index < -0.39 is 11.8 Å². The van der Waals surface area contributed by atoms with Gasteiger partial charge in [0.25, 0.3) is 0 Å². The molecule has 2 rings (SSSR count). The Labute approximate surface area is 107 Å². The van der Waals surface area contributed by atoms with E-state index in [-0.39, 0.29) is 17.2 Å². The number of aromatic nitrogens is 2. The van der Waals surface area contributed by atoms with Crippen molar-refractivity contribution in [2.45, 2.75) is 0 Å². The van der Waals surface area contributed by atoms with E-state index in [1.54, 1.807) is 0 Å². The van der Waals surface area contributed by atoms with E-state index in [2.05, 4.69) is 20.8 Å². The van der Waals surface area contributed by atoms with E-state index in [9.17, 15) is 9.18 Å². The minimum absolute atomic E-state index is 0.215. The maximum Gasteiger partial charge on any atom is 0.324 e. The van der Waals surface area contributed by atoms with Crippen LogP contribution in [0.15, 0.2) is 30.5 Å². The molecule has 1 heterocycles. The molecule has 7 nitrogen and oxygen atoms in total. The van der Waals surface area contributed by atoms with Gasteiger partial charge in [-0.1, -0.05) is 0 Å². The minimum atomic E-state index is -0.557. The highest BCUT2D eigenvalue weighted by atomic mass is 19.1. The van der Waals surface area contributed by atoms with Crippen LogP contribution in [0.2, 0.25) is 0 Å². The molecule has 0 saturated heterocycles. The maximum absolute atomic E-state index is 12.7. The van der Waals surface area contributed by atoms with Crippen LogP contribution in [-0.2, 0) is 0 Å². The number of nitrogens with two attached hydrogens (primary N) is 1. The van der Waals surface area contributed by atoms with E-state index in [1.807, 2.05) is 0 Å². The number of urea groups is 1. The molecule has 0 atom stereocenters. The molecule has 0 fully saturated rings. The molecular formula is C11H11FN6O. The Bertz CT molecular complexity index is 606. The number of nitrogens with zero attached hydrogens (tertiary/aromatic N) is 1. The molecule has 8 heteroatoms.